The first-order valence-corrected chi connectivity index (χ1v) is 12.6. The maximum Gasteiger partial charge on any atom is 0.188 e. The average molecular weight is 474 g/mol. The van der Waals surface area contributed by atoms with Gasteiger partial charge in [-0.3, -0.25) is 14.6 Å². The van der Waals surface area contributed by atoms with E-state index in [0.29, 0.717) is 35.7 Å². The summed E-state index contributed by atoms with van der Waals surface area (Å²) in [4.78, 5) is 29.4. The minimum atomic E-state index is -0.509. The molecule has 5 rings (SSSR count). The number of rotatable bonds is 7. The van der Waals surface area contributed by atoms with Crippen LogP contribution in [0.1, 0.15) is 66.9 Å². The second-order valence-corrected chi connectivity index (χ2v) is 11.0. The van der Waals surface area contributed by atoms with Gasteiger partial charge >= 0.3 is 0 Å². The number of hydrogen-bond donors (Lipinski definition) is 1. The van der Waals surface area contributed by atoms with Gasteiger partial charge in [-0.1, -0.05) is 38.1 Å². The van der Waals surface area contributed by atoms with E-state index >= 15 is 0 Å². The summed E-state index contributed by atoms with van der Waals surface area (Å²) in [6.45, 7) is 3.66. The minimum absolute atomic E-state index is 0.222. The molecule has 2 fully saturated rings. The van der Waals surface area contributed by atoms with Crippen molar-refractivity contribution in [2.24, 2.45) is 23.2 Å². The summed E-state index contributed by atoms with van der Waals surface area (Å²) < 4.78 is 13.9. The second-order valence-electron chi connectivity index (χ2n) is 11.0. The Bertz CT molecular complexity index is 1250. The highest BCUT2D eigenvalue weighted by molar-refractivity contribution is 5.97. The molecule has 5 heteroatoms. The van der Waals surface area contributed by atoms with Crippen LogP contribution in [0.5, 0.6) is 0 Å². The number of ketones is 2. The predicted octanol–water partition coefficient (Wildman–Crippen LogP) is 5.91. The zero-order chi connectivity index (χ0) is 24.7. The van der Waals surface area contributed by atoms with E-state index in [0.717, 1.165) is 42.1 Å². The molecule has 2 aliphatic rings. The molecule has 1 aromatic heterocycles. The van der Waals surface area contributed by atoms with Crippen LogP contribution in [0, 0.1) is 29.0 Å². The van der Waals surface area contributed by atoms with Crippen LogP contribution in [0.25, 0.3) is 10.9 Å². The summed E-state index contributed by atoms with van der Waals surface area (Å²) >= 11 is 0. The molecule has 2 unspecified atom stereocenters. The molecule has 2 saturated carbocycles. The van der Waals surface area contributed by atoms with Crippen molar-refractivity contribution in [1.82, 2.24) is 4.98 Å². The number of aromatic nitrogens is 1. The normalized spacial score (nSPS) is 24.0. The fraction of sp³-hybridized carbons (Fsp3) is 0.433. The number of Topliss-reactive ketones (excluding diaryl/α,β-unsaturated/α-hetero) is 2. The molecule has 3 aromatic rings. The Balaban J connectivity index is 1.24. The average Bonchev–Trinajstić information content (AvgIpc) is 3.43. The van der Waals surface area contributed by atoms with Crippen LogP contribution in [0.3, 0.4) is 0 Å². The van der Waals surface area contributed by atoms with Gasteiger partial charge in [0.1, 0.15) is 18.2 Å². The summed E-state index contributed by atoms with van der Waals surface area (Å²) in [6.07, 6.45) is 6.47. The first kappa shape index (κ1) is 23.8. The second kappa shape index (κ2) is 9.27. The maximum absolute atomic E-state index is 13.9. The molecular formula is C30H32FNO3. The molecule has 0 aliphatic heterocycles. The summed E-state index contributed by atoms with van der Waals surface area (Å²) in [6, 6.07) is 13.9. The van der Waals surface area contributed by atoms with Crippen LogP contribution >= 0.6 is 0 Å². The standard InChI is InChI=1S/C30H32FNO3/c1-30(2,29(35)11-18-3-5-19(6-4-18)28(34)17-33)23-14-20-12-22(13-21(20)15-23)25-9-10-32-27-8-7-24(31)16-26(25)27/h3-10,16,20-23,33H,11-15,17H2,1-2H3/t20-,21+,22?,23?. The topological polar surface area (TPSA) is 67.3 Å². The van der Waals surface area contributed by atoms with E-state index in [1.807, 2.05) is 18.3 Å². The van der Waals surface area contributed by atoms with Gasteiger partial charge < -0.3 is 5.11 Å². The van der Waals surface area contributed by atoms with E-state index in [9.17, 15) is 14.0 Å². The summed E-state index contributed by atoms with van der Waals surface area (Å²) in [5, 5.41) is 9.94. The Morgan fingerprint density at radius 3 is 2.34 bits per heavy atom. The fourth-order valence-electron chi connectivity index (χ4n) is 6.50. The van der Waals surface area contributed by atoms with Crippen molar-refractivity contribution >= 4 is 22.5 Å². The molecule has 0 radical (unpaired) electrons. The van der Waals surface area contributed by atoms with Crippen LogP contribution in [0.15, 0.2) is 54.7 Å². The fourth-order valence-corrected chi connectivity index (χ4v) is 6.50. The lowest BCUT2D eigenvalue weighted by Crippen LogP contribution is -2.33. The first-order chi connectivity index (χ1) is 16.8. The number of hydrogen-bond acceptors (Lipinski definition) is 4. The van der Waals surface area contributed by atoms with Gasteiger partial charge in [0.2, 0.25) is 0 Å². The van der Waals surface area contributed by atoms with Crippen LogP contribution < -0.4 is 0 Å². The van der Waals surface area contributed by atoms with Gasteiger partial charge in [-0.05, 0) is 84.7 Å². The summed E-state index contributed by atoms with van der Waals surface area (Å²) in [5.74, 6) is 1.65. The molecule has 1 N–H and O–H groups in total. The van der Waals surface area contributed by atoms with Crippen LogP contribution in [0.2, 0.25) is 0 Å². The van der Waals surface area contributed by atoms with Crippen molar-refractivity contribution in [2.75, 3.05) is 6.61 Å². The first-order valence-electron chi connectivity index (χ1n) is 12.6. The van der Waals surface area contributed by atoms with Crippen molar-refractivity contribution < 1.29 is 19.1 Å². The molecule has 0 spiro atoms. The number of fused-ring (bicyclic) bond motifs is 2. The number of nitrogens with zero attached hydrogens (tertiary/aromatic N) is 1. The minimum Gasteiger partial charge on any atom is -0.388 e. The SMILES string of the molecule is CC(C)(C(=O)Cc1ccc(C(=O)CO)cc1)C1C[C@H]2CC(c3ccnc4ccc(F)cc34)C[C@H]2C1. The lowest BCUT2D eigenvalue weighted by atomic mass is 9.71. The highest BCUT2D eigenvalue weighted by Gasteiger charge is 2.48. The zero-order valence-electron chi connectivity index (χ0n) is 20.3. The van der Waals surface area contributed by atoms with Gasteiger partial charge in [0.05, 0.1) is 5.52 Å². The quantitative estimate of drug-likeness (QED) is 0.434. The van der Waals surface area contributed by atoms with E-state index in [-0.39, 0.29) is 17.4 Å². The smallest absolute Gasteiger partial charge is 0.188 e. The van der Waals surface area contributed by atoms with Crippen molar-refractivity contribution in [3.05, 3.63) is 77.2 Å². The summed E-state index contributed by atoms with van der Waals surface area (Å²) in [7, 11) is 0. The molecular weight excluding hydrogens is 441 g/mol. The van der Waals surface area contributed by atoms with Gasteiger partial charge in [0.25, 0.3) is 0 Å². The monoisotopic (exact) mass is 473 g/mol. The van der Waals surface area contributed by atoms with Gasteiger partial charge in [0, 0.05) is 29.0 Å². The van der Waals surface area contributed by atoms with Gasteiger partial charge in [0.15, 0.2) is 5.78 Å². The Kier molecular flexibility index (Phi) is 6.30. The lowest BCUT2D eigenvalue weighted by Gasteiger charge is -2.31. The van der Waals surface area contributed by atoms with Gasteiger partial charge in [-0.25, -0.2) is 4.39 Å². The van der Waals surface area contributed by atoms with E-state index in [4.69, 9.17) is 5.11 Å². The number of benzene rings is 2. The largest absolute Gasteiger partial charge is 0.388 e. The Morgan fingerprint density at radius 1 is 1.00 bits per heavy atom. The third-order valence-corrected chi connectivity index (χ3v) is 8.72. The predicted molar refractivity (Wildman–Crippen MR) is 134 cm³/mol. The zero-order valence-corrected chi connectivity index (χ0v) is 20.3. The third kappa shape index (κ3) is 4.54. The molecule has 2 aromatic carbocycles. The van der Waals surface area contributed by atoms with Gasteiger partial charge in [-0.15, -0.1) is 0 Å². The molecule has 0 saturated heterocycles. The van der Waals surface area contributed by atoms with Crippen LogP contribution in [-0.2, 0) is 11.2 Å². The van der Waals surface area contributed by atoms with Crippen LogP contribution in [0.4, 0.5) is 4.39 Å². The number of carbonyl (C=O) groups excluding carboxylic acids is 2. The number of carbonyl (C=O) groups is 2. The van der Waals surface area contributed by atoms with E-state index in [1.165, 1.54) is 11.6 Å². The maximum atomic E-state index is 13.9. The number of pyridine rings is 1. The van der Waals surface area contributed by atoms with Crippen molar-refractivity contribution in [2.45, 2.75) is 51.9 Å². The third-order valence-electron chi connectivity index (χ3n) is 8.72. The Hall–Kier alpha value is -2.92. The van der Waals surface area contributed by atoms with E-state index < -0.39 is 12.0 Å². The number of aliphatic hydroxyl groups excluding tert-OH is 1. The molecule has 4 nitrogen and oxygen atoms in total. The molecule has 1 heterocycles. The van der Waals surface area contributed by atoms with Crippen molar-refractivity contribution in [1.29, 1.82) is 0 Å². The Labute approximate surface area is 205 Å². The highest BCUT2D eigenvalue weighted by Crippen LogP contribution is 2.56. The molecule has 0 amide bonds. The highest BCUT2D eigenvalue weighted by atomic mass is 19.1. The molecule has 182 valence electrons. The molecule has 0 bridgehead atoms. The molecule has 2 aliphatic carbocycles. The number of halogens is 1. The van der Waals surface area contributed by atoms with Crippen molar-refractivity contribution in [3.63, 3.8) is 0 Å². The van der Waals surface area contributed by atoms with Crippen LogP contribution in [-0.4, -0.2) is 28.3 Å². The van der Waals surface area contributed by atoms with E-state index in [2.05, 4.69) is 24.9 Å². The number of aliphatic hydroxyl groups is 1. The van der Waals surface area contributed by atoms with Gasteiger partial charge in [-0.2, -0.15) is 0 Å². The lowest BCUT2D eigenvalue weighted by molar-refractivity contribution is -0.129. The molecule has 4 atom stereocenters. The van der Waals surface area contributed by atoms with Crippen molar-refractivity contribution in [3.8, 4) is 0 Å². The molecule has 35 heavy (non-hydrogen) atoms. The van der Waals surface area contributed by atoms with E-state index in [1.54, 1.807) is 24.3 Å². The Morgan fingerprint density at radius 2 is 1.69 bits per heavy atom. The summed E-state index contributed by atoms with van der Waals surface area (Å²) in [5.41, 5.74) is 3.00.